The number of H-pyrrole nitrogens is 1. The van der Waals surface area contributed by atoms with E-state index >= 15 is 0 Å². The summed E-state index contributed by atoms with van der Waals surface area (Å²) >= 11 is 0. The number of aryl methyl sites for hydroxylation is 1. The maximum absolute atomic E-state index is 13.8. The van der Waals surface area contributed by atoms with Gasteiger partial charge in [-0.15, -0.1) is 5.10 Å². The smallest absolute Gasteiger partial charge is 0.243 e. The molecule has 120 valence electrons. The molecule has 1 aliphatic heterocycles. The van der Waals surface area contributed by atoms with Gasteiger partial charge in [0.05, 0.1) is 36.4 Å². The van der Waals surface area contributed by atoms with Gasteiger partial charge in [0.25, 0.3) is 0 Å². The standard InChI is InChI=1S/C14H16FN7O/c1-8-13(9-4-17-18-5-9)16-6-12-20-14(21-22(8)12)19-11-2-3-23-7-10(11)15/h4-6,10-11H,2-3,7H2,1H3,(H,17,18)(H,19,21)/t10-,11+/m1/s1. The summed E-state index contributed by atoms with van der Waals surface area (Å²) in [6.45, 7) is 2.56. The highest BCUT2D eigenvalue weighted by Gasteiger charge is 2.26. The zero-order chi connectivity index (χ0) is 15.8. The van der Waals surface area contributed by atoms with Gasteiger partial charge in [-0.3, -0.25) is 10.1 Å². The Balaban J connectivity index is 1.66. The first-order chi connectivity index (χ1) is 11.2. The monoisotopic (exact) mass is 317 g/mol. The molecule has 23 heavy (non-hydrogen) atoms. The van der Waals surface area contributed by atoms with Gasteiger partial charge in [-0.1, -0.05) is 0 Å². The minimum atomic E-state index is -1.06. The molecule has 4 rings (SSSR count). The van der Waals surface area contributed by atoms with Gasteiger partial charge >= 0.3 is 0 Å². The first kappa shape index (κ1) is 14.1. The summed E-state index contributed by atoms with van der Waals surface area (Å²) in [5, 5.41) is 14.2. The second-order valence-corrected chi connectivity index (χ2v) is 5.52. The molecule has 1 saturated heterocycles. The van der Waals surface area contributed by atoms with E-state index in [1.807, 2.05) is 6.92 Å². The third kappa shape index (κ3) is 2.52. The van der Waals surface area contributed by atoms with Gasteiger partial charge in [0.1, 0.15) is 6.17 Å². The Labute approximate surface area is 131 Å². The van der Waals surface area contributed by atoms with Crippen LogP contribution in [0.1, 0.15) is 12.1 Å². The van der Waals surface area contributed by atoms with Crippen LogP contribution in [-0.4, -0.2) is 55.2 Å². The van der Waals surface area contributed by atoms with Crippen molar-refractivity contribution in [3.05, 3.63) is 24.3 Å². The molecule has 0 aliphatic carbocycles. The molecule has 2 atom stereocenters. The third-order valence-corrected chi connectivity index (χ3v) is 3.97. The first-order valence-corrected chi connectivity index (χ1v) is 7.42. The molecule has 0 spiro atoms. The number of anilines is 1. The van der Waals surface area contributed by atoms with Gasteiger partial charge < -0.3 is 10.1 Å². The van der Waals surface area contributed by atoms with E-state index in [-0.39, 0.29) is 12.6 Å². The molecule has 8 nitrogen and oxygen atoms in total. The Morgan fingerprint density at radius 2 is 2.35 bits per heavy atom. The van der Waals surface area contributed by atoms with Crippen molar-refractivity contribution in [2.24, 2.45) is 0 Å². The molecule has 0 amide bonds. The van der Waals surface area contributed by atoms with Crippen LogP contribution in [0.3, 0.4) is 0 Å². The molecule has 0 aromatic carbocycles. The van der Waals surface area contributed by atoms with Crippen molar-refractivity contribution in [3.63, 3.8) is 0 Å². The quantitative estimate of drug-likeness (QED) is 0.758. The van der Waals surface area contributed by atoms with Gasteiger partial charge in [0.15, 0.2) is 5.65 Å². The number of halogens is 1. The van der Waals surface area contributed by atoms with Crippen LogP contribution in [0.5, 0.6) is 0 Å². The normalized spacial score (nSPS) is 21.7. The molecule has 0 bridgehead atoms. The van der Waals surface area contributed by atoms with E-state index in [0.29, 0.717) is 24.6 Å². The molecule has 1 aliphatic rings. The van der Waals surface area contributed by atoms with Crippen molar-refractivity contribution in [1.29, 1.82) is 0 Å². The summed E-state index contributed by atoms with van der Waals surface area (Å²) in [7, 11) is 0. The number of rotatable bonds is 3. The number of ether oxygens (including phenoxy) is 1. The van der Waals surface area contributed by atoms with Crippen LogP contribution in [0, 0.1) is 6.92 Å². The number of hydrogen-bond acceptors (Lipinski definition) is 6. The topological polar surface area (TPSA) is 93.0 Å². The molecule has 2 N–H and O–H groups in total. The number of aromatic nitrogens is 6. The van der Waals surface area contributed by atoms with Crippen molar-refractivity contribution in [2.75, 3.05) is 18.5 Å². The van der Waals surface area contributed by atoms with Crippen LogP contribution in [0.4, 0.5) is 10.3 Å². The van der Waals surface area contributed by atoms with Crippen molar-refractivity contribution in [2.45, 2.75) is 25.6 Å². The fourth-order valence-corrected chi connectivity index (χ4v) is 2.73. The summed E-state index contributed by atoms with van der Waals surface area (Å²) in [6, 6.07) is -0.331. The van der Waals surface area contributed by atoms with E-state index in [9.17, 15) is 4.39 Å². The molecule has 3 aromatic heterocycles. The molecular weight excluding hydrogens is 301 g/mol. The molecule has 0 radical (unpaired) electrons. The van der Waals surface area contributed by atoms with Gasteiger partial charge in [-0.05, 0) is 13.3 Å². The van der Waals surface area contributed by atoms with Gasteiger partial charge in [-0.2, -0.15) is 10.1 Å². The zero-order valence-corrected chi connectivity index (χ0v) is 12.5. The van der Waals surface area contributed by atoms with Crippen LogP contribution in [0.2, 0.25) is 0 Å². The van der Waals surface area contributed by atoms with Crippen LogP contribution >= 0.6 is 0 Å². The highest BCUT2D eigenvalue weighted by Crippen LogP contribution is 2.21. The predicted molar refractivity (Wildman–Crippen MR) is 80.8 cm³/mol. The fraction of sp³-hybridized carbons (Fsp3) is 0.429. The summed E-state index contributed by atoms with van der Waals surface area (Å²) in [6.07, 6.45) is 4.65. The number of nitrogens with one attached hydrogen (secondary N) is 2. The second-order valence-electron chi connectivity index (χ2n) is 5.52. The van der Waals surface area contributed by atoms with E-state index in [0.717, 1.165) is 17.0 Å². The van der Waals surface area contributed by atoms with E-state index in [1.54, 1.807) is 23.1 Å². The van der Waals surface area contributed by atoms with E-state index in [2.05, 4.69) is 30.6 Å². The largest absolute Gasteiger partial charge is 0.378 e. The van der Waals surface area contributed by atoms with E-state index in [4.69, 9.17) is 4.74 Å². The maximum Gasteiger partial charge on any atom is 0.243 e. The lowest BCUT2D eigenvalue weighted by atomic mass is 10.1. The molecule has 4 heterocycles. The number of alkyl halides is 1. The predicted octanol–water partition coefficient (Wildman–Crippen LogP) is 1.36. The number of fused-ring (bicyclic) bond motifs is 1. The average molecular weight is 317 g/mol. The molecule has 3 aromatic rings. The van der Waals surface area contributed by atoms with Crippen LogP contribution < -0.4 is 5.32 Å². The van der Waals surface area contributed by atoms with Gasteiger partial charge in [0.2, 0.25) is 5.95 Å². The average Bonchev–Trinajstić information content (AvgIpc) is 3.19. The van der Waals surface area contributed by atoms with Crippen LogP contribution in [0.25, 0.3) is 16.9 Å². The van der Waals surface area contributed by atoms with Crippen molar-refractivity contribution >= 4 is 11.6 Å². The zero-order valence-electron chi connectivity index (χ0n) is 12.5. The molecular formula is C14H16FN7O. The lowest BCUT2D eigenvalue weighted by Crippen LogP contribution is -2.39. The van der Waals surface area contributed by atoms with Crippen molar-refractivity contribution in [3.8, 4) is 11.3 Å². The molecule has 0 unspecified atom stereocenters. The summed E-state index contributed by atoms with van der Waals surface area (Å²) in [5.41, 5.74) is 3.10. The Hall–Kier alpha value is -2.55. The number of nitrogens with zero attached hydrogens (tertiary/aromatic N) is 5. The highest BCUT2D eigenvalue weighted by atomic mass is 19.1. The van der Waals surface area contributed by atoms with Crippen molar-refractivity contribution < 1.29 is 9.13 Å². The second kappa shape index (κ2) is 5.58. The lowest BCUT2D eigenvalue weighted by Gasteiger charge is -2.26. The number of hydrogen-bond donors (Lipinski definition) is 2. The lowest BCUT2D eigenvalue weighted by molar-refractivity contribution is 0.0284. The Morgan fingerprint density at radius 1 is 1.43 bits per heavy atom. The highest BCUT2D eigenvalue weighted by molar-refractivity contribution is 5.61. The molecule has 9 heteroatoms. The Kier molecular flexibility index (Phi) is 3.41. The Morgan fingerprint density at radius 3 is 3.13 bits per heavy atom. The molecule has 0 saturated carbocycles. The van der Waals surface area contributed by atoms with Gasteiger partial charge in [0, 0.05) is 18.4 Å². The minimum Gasteiger partial charge on any atom is -0.378 e. The van der Waals surface area contributed by atoms with Crippen LogP contribution in [-0.2, 0) is 4.74 Å². The number of aromatic amines is 1. The SMILES string of the molecule is Cc1c(-c2cn[nH]c2)ncc2nc(N[C@H]3CCOC[C@H]3F)nn12. The van der Waals surface area contributed by atoms with E-state index in [1.165, 1.54) is 0 Å². The van der Waals surface area contributed by atoms with Crippen LogP contribution in [0.15, 0.2) is 18.6 Å². The first-order valence-electron chi connectivity index (χ1n) is 7.42. The van der Waals surface area contributed by atoms with E-state index < -0.39 is 6.17 Å². The summed E-state index contributed by atoms with van der Waals surface area (Å²) in [4.78, 5) is 8.79. The third-order valence-electron chi connectivity index (χ3n) is 3.97. The minimum absolute atomic E-state index is 0.107. The van der Waals surface area contributed by atoms with Crippen molar-refractivity contribution in [1.82, 2.24) is 29.8 Å². The maximum atomic E-state index is 13.8. The summed E-state index contributed by atoms with van der Waals surface area (Å²) < 4.78 is 20.6. The Bertz CT molecular complexity index is 816. The summed E-state index contributed by atoms with van der Waals surface area (Å²) in [5.74, 6) is 0.397. The fourth-order valence-electron chi connectivity index (χ4n) is 2.73. The molecule has 1 fully saturated rings. The van der Waals surface area contributed by atoms with Gasteiger partial charge in [-0.25, -0.2) is 8.91 Å².